The van der Waals surface area contributed by atoms with E-state index in [1.54, 1.807) is 36.0 Å². The van der Waals surface area contributed by atoms with E-state index in [1.807, 2.05) is 0 Å². The number of hydrogen-bond acceptors (Lipinski definition) is 6. The fourth-order valence-corrected chi connectivity index (χ4v) is 3.60. The van der Waals surface area contributed by atoms with Crippen molar-refractivity contribution in [2.45, 2.75) is 24.1 Å². The number of carbonyl (C=O) groups excluding carboxylic acids is 1. The van der Waals surface area contributed by atoms with Gasteiger partial charge in [0.25, 0.3) is 5.91 Å². The minimum Gasteiger partial charge on any atom is -0.482 e. The highest BCUT2D eigenvalue weighted by atomic mass is 35.5. The Labute approximate surface area is 142 Å². The third-order valence-corrected chi connectivity index (χ3v) is 4.94. The van der Waals surface area contributed by atoms with Crippen molar-refractivity contribution in [2.75, 3.05) is 17.7 Å². The third kappa shape index (κ3) is 5.47. The number of thioether (sulfide) groups is 1. The number of aromatic nitrogens is 2. The van der Waals surface area contributed by atoms with Gasteiger partial charge in [0.2, 0.25) is 5.13 Å². The van der Waals surface area contributed by atoms with Gasteiger partial charge in [-0.3, -0.25) is 10.1 Å². The van der Waals surface area contributed by atoms with Crippen LogP contribution in [0.3, 0.4) is 0 Å². The van der Waals surface area contributed by atoms with E-state index in [4.69, 9.17) is 16.3 Å². The van der Waals surface area contributed by atoms with Gasteiger partial charge in [0.05, 0.1) is 5.02 Å². The molecule has 1 N–H and O–H groups in total. The molecule has 0 spiro atoms. The van der Waals surface area contributed by atoms with Gasteiger partial charge in [0.1, 0.15) is 5.75 Å². The van der Waals surface area contributed by atoms with Gasteiger partial charge < -0.3 is 4.74 Å². The number of nitrogens with one attached hydrogen (secondary N) is 1. The number of hydrogen-bond donors (Lipinski definition) is 1. The summed E-state index contributed by atoms with van der Waals surface area (Å²) in [6.45, 7) is 2.02. The van der Waals surface area contributed by atoms with Crippen molar-refractivity contribution < 1.29 is 9.53 Å². The fourth-order valence-electron chi connectivity index (χ4n) is 1.48. The Morgan fingerprint density at radius 2 is 2.23 bits per heavy atom. The van der Waals surface area contributed by atoms with Crippen LogP contribution in [0, 0.1) is 0 Å². The number of unbranched alkanes of at least 4 members (excludes halogenated alkanes) is 1. The largest absolute Gasteiger partial charge is 0.482 e. The van der Waals surface area contributed by atoms with Crippen LogP contribution in [0.15, 0.2) is 28.6 Å². The van der Waals surface area contributed by atoms with E-state index in [0.717, 1.165) is 22.9 Å². The number of para-hydroxylation sites is 1. The predicted molar refractivity (Wildman–Crippen MR) is 91.1 cm³/mol. The molecular weight excluding hydrogens is 342 g/mol. The van der Waals surface area contributed by atoms with Gasteiger partial charge in [-0.25, -0.2) is 0 Å². The second kappa shape index (κ2) is 8.97. The van der Waals surface area contributed by atoms with Crippen LogP contribution in [0.5, 0.6) is 5.75 Å². The fraction of sp³-hybridized carbons (Fsp3) is 0.357. The lowest BCUT2D eigenvalue weighted by atomic mass is 10.3. The van der Waals surface area contributed by atoms with Gasteiger partial charge in [-0.2, -0.15) is 0 Å². The molecule has 0 aliphatic heterocycles. The van der Waals surface area contributed by atoms with Crippen LogP contribution in [-0.4, -0.2) is 28.5 Å². The highest BCUT2D eigenvalue weighted by Crippen LogP contribution is 2.26. The van der Waals surface area contributed by atoms with E-state index in [2.05, 4.69) is 22.4 Å². The zero-order valence-corrected chi connectivity index (χ0v) is 14.4. The number of anilines is 1. The molecule has 2 aromatic rings. The summed E-state index contributed by atoms with van der Waals surface area (Å²) in [5, 5.41) is 11.6. The predicted octanol–water partition coefficient (Wildman–Crippen LogP) is 4.10. The van der Waals surface area contributed by atoms with Gasteiger partial charge in [-0.1, -0.05) is 60.2 Å². The van der Waals surface area contributed by atoms with Crippen molar-refractivity contribution in [3.63, 3.8) is 0 Å². The maximum atomic E-state index is 11.8. The van der Waals surface area contributed by atoms with Crippen molar-refractivity contribution in [2.24, 2.45) is 0 Å². The first-order valence-corrected chi connectivity index (χ1v) is 9.00. The average molecular weight is 358 g/mol. The molecular formula is C14H16ClN3O2S2. The van der Waals surface area contributed by atoms with Crippen LogP contribution in [0.2, 0.25) is 5.02 Å². The van der Waals surface area contributed by atoms with E-state index in [0.29, 0.717) is 15.9 Å². The number of carbonyl (C=O) groups is 1. The second-order valence-electron chi connectivity index (χ2n) is 4.34. The molecule has 118 valence electrons. The lowest BCUT2D eigenvalue weighted by Crippen LogP contribution is -2.20. The minimum absolute atomic E-state index is 0.123. The lowest BCUT2D eigenvalue weighted by molar-refractivity contribution is -0.118. The van der Waals surface area contributed by atoms with Crippen LogP contribution in [0.1, 0.15) is 19.8 Å². The summed E-state index contributed by atoms with van der Waals surface area (Å²) in [6.07, 6.45) is 2.28. The first-order valence-electron chi connectivity index (χ1n) is 6.82. The molecule has 5 nitrogen and oxygen atoms in total. The van der Waals surface area contributed by atoms with Gasteiger partial charge in [0, 0.05) is 5.75 Å². The van der Waals surface area contributed by atoms with E-state index in [9.17, 15) is 4.79 Å². The summed E-state index contributed by atoms with van der Waals surface area (Å²) in [7, 11) is 0. The van der Waals surface area contributed by atoms with Gasteiger partial charge >= 0.3 is 0 Å². The Morgan fingerprint density at radius 1 is 1.41 bits per heavy atom. The number of nitrogens with zero attached hydrogens (tertiary/aromatic N) is 2. The highest BCUT2D eigenvalue weighted by molar-refractivity contribution is 8.01. The summed E-state index contributed by atoms with van der Waals surface area (Å²) < 4.78 is 6.22. The third-order valence-electron chi connectivity index (χ3n) is 2.57. The van der Waals surface area contributed by atoms with E-state index < -0.39 is 0 Å². The number of halogens is 1. The quantitative estimate of drug-likeness (QED) is 0.437. The summed E-state index contributed by atoms with van der Waals surface area (Å²) >= 11 is 8.97. The summed E-state index contributed by atoms with van der Waals surface area (Å²) in [5.74, 6) is 1.20. The number of rotatable bonds is 8. The van der Waals surface area contributed by atoms with Gasteiger partial charge in [-0.05, 0) is 18.6 Å². The Morgan fingerprint density at radius 3 is 3.00 bits per heavy atom. The zero-order valence-electron chi connectivity index (χ0n) is 12.0. The zero-order chi connectivity index (χ0) is 15.8. The molecule has 2 rings (SSSR count). The van der Waals surface area contributed by atoms with E-state index in [-0.39, 0.29) is 12.5 Å². The smallest absolute Gasteiger partial charge is 0.264 e. The molecule has 0 saturated heterocycles. The summed E-state index contributed by atoms with van der Waals surface area (Å²) in [6, 6.07) is 7.01. The van der Waals surface area contributed by atoms with Gasteiger partial charge in [-0.15, -0.1) is 10.2 Å². The molecule has 8 heteroatoms. The van der Waals surface area contributed by atoms with E-state index >= 15 is 0 Å². The highest BCUT2D eigenvalue weighted by Gasteiger charge is 2.10. The Kier molecular flexibility index (Phi) is 6.95. The summed E-state index contributed by atoms with van der Waals surface area (Å²) in [5.41, 5.74) is 0. The normalized spacial score (nSPS) is 10.5. The monoisotopic (exact) mass is 357 g/mol. The van der Waals surface area contributed by atoms with Crippen molar-refractivity contribution in [3.8, 4) is 5.75 Å². The van der Waals surface area contributed by atoms with Crippen LogP contribution < -0.4 is 10.1 Å². The maximum Gasteiger partial charge on any atom is 0.264 e. The number of benzene rings is 1. The van der Waals surface area contributed by atoms with Crippen LogP contribution in [0.25, 0.3) is 0 Å². The molecule has 0 saturated carbocycles. The van der Waals surface area contributed by atoms with Gasteiger partial charge in [0.15, 0.2) is 10.9 Å². The molecule has 22 heavy (non-hydrogen) atoms. The summed E-state index contributed by atoms with van der Waals surface area (Å²) in [4.78, 5) is 11.8. The van der Waals surface area contributed by atoms with Crippen molar-refractivity contribution in [3.05, 3.63) is 29.3 Å². The Bertz CT molecular complexity index is 622. The average Bonchev–Trinajstić information content (AvgIpc) is 2.94. The first kappa shape index (κ1) is 17.1. The molecule has 1 amide bonds. The van der Waals surface area contributed by atoms with Crippen molar-refractivity contribution in [1.82, 2.24) is 10.2 Å². The molecule has 1 heterocycles. The molecule has 1 aromatic heterocycles. The SMILES string of the molecule is CCCCSc1nnc(NC(=O)COc2ccccc2Cl)s1. The van der Waals surface area contributed by atoms with E-state index in [1.165, 1.54) is 11.3 Å². The van der Waals surface area contributed by atoms with Crippen molar-refractivity contribution >= 4 is 45.7 Å². The Balaban J connectivity index is 1.78. The van der Waals surface area contributed by atoms with Crippen LogP contribution >= 0.6 is 34.7 Å². The number of ether oxygens (including phenoxy) is 1. The first-order chi connectivity index (χ1) is 10.7. The molecule has 0 unspecified atom stereocenters. The maximum absolute atomic E-state index is 11.8. The minimum atomic E-state index is -0.291. The van der Waals surface area contributed by atoms with Crippen LogP contribution in [0.4, 0.5) is 5.13 Å². The van der Waals surface area contributed by atoms with Crippen LogP contribution in [-0.2, 0) is 4.79 Å². The van der Waals surface area contributed by atoms with Crippen molar-refractivity contribution in [1.29, 1.82) is 0 Å². The molecule has 0 aliphatic carbocycles. The standard InChI is InChI=1S/C14H16ClN3O2S2/c1-2-3-8-21-14-18-17-13(22-14)16-12(19)9-20-11-7-5-4-6-10(11)15/h4-7H,2-3,8-9H2,1H3,(H,16,17,19). The molecule has 0 fully saturated rings. The molecule has 0 radical (unpaired) electrons. The molecule has 1 aromatic carbocycles. The molecule has 0 atom stereocenters. The lowest BCUT2D eigenvalue weighted by Gasteiger charge is -2.06. The molecule has 0 aliphatic rings. The molecule has 0 bridgehead atoms. The Hall–Kier alpha value is -1.31. The number of amides is 1. The topological polar surface area (TPSA) is 64.1 Å². The second-order valence-corrected chi connectivity index (χ2v) is 7.07.